The number of rotatable bonds is 6. The van der Waals surface area contributed by atoms with Gasteiger partial charge in [0.05, 0.1) is 12.6 Å². The van der Waals surface area contributed by atoms with Crippen molar-refractivity contribution in [2.75, 3.05) is 6.54 Å². The maximum Gasteiger partial charge on any atom is 0.218 e. The summed E-state index contributed by atoms with van der Waals surface area (Å²) in [5, 5.41) is 0. The number of hydrogen-bond acceptors (Lipinski definition) is 2. The molecule has 0 bridgehead atoms. The van der Waals surface area contributed by atoms with Crippen molar-refractivity contribution in [3.63, 3.8) is 0 Å². The van der Waals surface area contributed by atoms with E-state index in [1.165, 1.54) is 0 Å². The minimum Gasteiger partial charge on any atom is -0.491 e. The van der Waals surface area contributed by atoms with Gasteiger partial charge >= 0.3 is 0 Å². The van der Waals surface area contributed by atoms with Gasteiger partial charge in [-0.3, -0.25) is 4.79 Å². The third kappa shape index (κ3) is 4.44. The summed E-state index contributed by atoms with van der Waals surface area (Å²) in [7, 11) is 0. The molecular weight excluding hydrogens is 216 g/mol. The molecule has 0 spiro atoms. The Morgan fingerprint density at radius 2 is 1.94 bits per heavy atom. The second-order valence-electron chi connectivity index (χ2n) is 4.39. The first kappa shape index (κ1) is 13.5. The Morgan fingerprint density at radius 3 is 2.35 bits per heavy atom. The normalized spacial score (nSPS) is 12.5. The van der Waals surface area contributed by atoms with Crippen molar-refractivity contribution in [1.82, 2.24) is 0 Å². The molecule has 0 unspecified atom stereocenters. The highest BCUT2D eigenvalue weighted by atomic mass is 16.5. The summed E-state index contributed by atoms with van der Waals surface area (Å²) in [6, 6.07) is 7.77. The Kier molecular flexibility index (Phi) is 4.97. The number of quaternary nitrogens is 1. The fourth-order valence-electron chi connectivity index (χ4n) is 1.72. The lowest BCUT2D eigenvalue weighted by atomic mass is 9.95. The highest BCUT2D eigenvalue weighted by Crippen LogP contribution is 2.21. The van der Waals surface area contributed by atoms with Crippen molar-refractivity contribution in [1.29, 1.82) is 0 Å². The van der Waals surface area contributed by atoms with Crippen LogP contribution in [0.2, 0.25) is 0 Å². The fraction of sp³-hybridized carbons (Fsp3) is 0.462. The zero-order valence-corrected chi connectivity index (χ0v) is 10.5. The van der Waals surface area contributed by atoms with E-state index in [4.69, 9.17) is 10.5 Å². The van der Waals surface area contributed by atoms with Gasteiger partial charge < -0.3 is 16.2 Å². The molecule has 17 heavy (non-hydrogen) atoms. The molecule has 1 aromatic carbocycles. The van der Waals surface area contributed by atoms with E-state index in [0.29, 0.717) is 13.0 Å². The standard InChI is InChI=1S/C13H20N2O2/c1-9(2)17-12-5-3-10(4-6-12)11(8-14)7-13(15)16/h3-6,9,11H,7-8,14H2,1-2H3,(H2,15,16)/p+1/t11-/m1/s1. The lowest BCUT2D eigenvalue weighted by molar-refractivity contribution is -0.372. The number of primary amides is 1. The molecular formula is C13H21N2O2+. The fourth-order valence-corrected chi connectivity index (χ4v) is 1.72. The first-order chi connectivity index (χ1) is 8.02. The lowest BCUT2D eigenvalue weighted by Gasteiger charge is -2.13. The molecule has 4 nitrogen and oxygen atoms in total. The zero-order valence-electron chi connectivity index (χ0n) is 10.5. The van der Waals surface area contributed by atoms with Crippen LogP contribution in [-0.4, -0.2) is 18.6 Å². The summed E-state index contributed by atoms with van der Waals surface area (Å²) in [5.41, 5.74) is 10.1. The molecule has 0 aliphatic heterocycles. The molecule has 1 aromatic rings. The SMILES string of the molecule is CC(C)Oc1ccc([C@@H](C[NH3+])CC(N)=O)cc1. The first-order valence-corrected chi connectivity index (χ1v) is 5.87. The summed E-state index contributed by atoms with van der Waals surface area (Å²) < 4.78 is 5.56. The Hall–Kier alpha value is -1.55. The Balaban J connectivity index is 2.74. The predicted octanol–water partition coefficient (Wildman–Crippen LogP) is 0.675. The van der Waals surface area contributed by atoms with Crippen LogP contribution in [0.5, 0.6) is 5.75 Å². The Labute approximate surface area is 102 Å². The number of carbonyl (C=O) groups excluding carboxylic acids is 1. The van der Waals surface area contributed by atoms with Crippen LogP contribution in [0.1, 0.15) is 31.7 Å². The van der Waals surface area contributed by atoms with Gasteiger partial charge in [-0.1, -0.05) is 12.1 Å². The molecule has 1 atom stereocenters. The maximum absolute atomic E-state index is 10.9. The van der Waals surface area contributed by atoms with E-state index in [-0.39, 0.29) is 17.9 Å². The molecule has 0 aliphatic rings. The number of amides is 1. The van der Waals surface area contributed by atoms with Crippen LogP contribution >= 0.6 is 0 Å². The predicted molar refractivity (Wildman–Crippen MR) is 66.5 cm³/mol. The van der Waals surface area contributed by atoms with Crippen molar-refractivity contribution < 1.29 is 15.3 Å². The quantitative estimate of drug-likeness (QED) is 0.762. The highest BCUT2D eigenvalue weighted by molar-refractivity contribution is 5.74. The smallest absolute Gasteiger partial charge is 0.218 e. The van der Waals surface area contributed by atoms with Gasteiger partial charge in [-0.15, -0.1) is 0 Å². The van der Waals surface area contributed by atoms with Crippen LogP contribution in [0.3, 0.4) is 0 Å². The van der Waals surface area contributed by atoms with Crippen LogP contribution in [0, 0.1) is 0 Å². The molecule has 0 aliphatic carbocycles. The molecule has 1 rings (SSSR count). The number of ether oxygens (including phenoxy) is 1. The minimum atomic E-state index is -0.291. The number of benzene rings is 1. The topological polar surface area (TPSA) is 80.0 Å². The molecule has 0 saturated carbocycles. The van der Waals surface area contributed by atoms with Crippen molar-refractivity contribution in [3.05, 3.63) is 29.8 Å². The molecule has 0 heterocycles. The van der Waals surface area contributed by atoms with Gasteiger partial charge in [0.25, 0.3) is 0 Å². The lowest BCUT2D eigenvalue weighted by Crippen LogP contribution is -2.53. The molecule has 94 valence electrons. The third-order valence-electron chi connectivity index (χ3n) is 2.52. The van der Waals surface area contributed by atoms with E-state index < -0.39 is 0 Å². The van der Waals surface area contributed by atoms with Crippen molar-refractivity contribution in [2.24, 2.45) is 5.73 Å². The minimum absolute atomic E-state index is 0.0978. The second-order valence-corrected chi connectivity index (χ2v) is 4.39. The van der Waals surface area contributed by atoms with Gasteiger partial charge in [-0.25, -0.2) is 0 Å². The van der Waals surface area contributed by atoms with Crippen LogP contribution in [-0.2, 0) is 4.79 Å². The largest absolute Gasteiger partial charge is 0.491 e. The van der Waals surface area contributed by atoms with Crippen LogP contribution in [0.15, 0.2) is 24.3 Å². The average Bonchev–Trinajstić information content (AvgIpc) is 2.26. The molecule has 0 fully saturated rings. The zero-order chi connectivity index (χ0) is 12.8. The summed E-state index contributed by atoms with van der Waals surface area (Å²) in [6.45, 7) is 4.63. The van der Waals surface area contributed by atoms with Crippen molar-refractivity contribution in [3.8, 4) is 5.75 Å². The third-order valence-corrected chi connectivity index (χ3v) is 2.52. The first-order valence-electron chi connectivity index (χ1n) is 5.87. The van der Waals surface area contributed by atoms with Gasteiger partial charge in [0.1, 0.15) is 5.75 Å². The van der Waals surface area contributed by atoms with Gasteiger partial charge in [-0.05, 0) is 31.5 Å². The molecule has 0 radical (unpaired) electrons. The van der Waals surface area contributed by atoms with Gasteiger partial charge in [-0.2, -0.15) is 0 Å². The number of carbonyl (C=O) groups is 1. The molecule has 0 saturated heterocycles. The Bertz CT molecular complexity index is 360. The van der Waals surface area contributed by atoms with Gasteiger partial charge in [0.2, 0.25) is 5.91 Å². The summed E-state index contributed by atoms with van der Waals surface area (Å²) in [6.07, 6.45) is 0.503. The van der Waals surface area contributed by atoms with E-state index in [1.54, 1.807) is 0 Å². The van der Waals surface area contributed by atoms with Crippen LogP contribution in [0.25, 0.3) is 0 Å². The van der Waals surface area contributed by atoms with Crippen LogP contribution in [0.4, 0.5) is 0 Å². The summed E-state index contributed by atoms with van der Waals surface area (Å²) in [4.78, 5) is 10.9. The highest BCUT2D eigenvalue weighted by Gasteiger charge is 2.14. The molecule has 0 aromatic heterocycles. The average molecular weight is 237 g/mol. The van der Waals surface area contributed by atoms with E-state index in [2.05, 4.69) is 5.73 Å². The van der Waals surface area contributed by atoms with E-state index in [0.717, 1.165) is 11.3 Å². The molecule has 1 amide bonds. The monoisotopic (exact) mass is 237 g/mol. The van der Waals surface area contributed by atoms with E-state index in [1.807, 2.05) is 38.1 Å². The van der Waals surface area contributed by atoms with Crippen molar-refractivity contribution >= 4 is 5.91 Å². The van der Waals surface area contributed by atoms with E-state index in [9.17, 15) is 4.79 Å². The summed E-state index contributed by atoms with van der Waals surface area (Å²) in [5.74, 6) is 0.646. The van der Waals surface area contributed by atoms with Gasteiger partial charge in [0, 0.05) is 12.3 Å². The molecule has 5 N–H and O–H groups in total. The van der Waals surface area contributed by atoms with Crippen molar-refractivity contribution in [2.45, 2.75) is 32.3 Å². The Morgan fingerprint density at radius 1 is 1.35 bits per heavy atom. The van der Waals surface area contributed by atoms with Crippen LogP contribution < -0.4 is 16.2 Å². The van der Waals surface area contributed by atoms with E-state index >= 15 is 0 Å². The summed E-state index contributed by atoms with van der Waals surface area (Å²) >= 11 is 0. The number of nitrogens with two attached hydrogens (primary N) is 1. The molecule has 4 heteroatoms. The second kappa shape index (κ2) is 6.25. The maximum atomic E-state index is 10.9. The number of hydrogen-bond donors (Lipinski definition) is 2. The van der Waals surface area contributed by atoms with Gasteiger partial charge in [0.15, 0.2) is 0 Å².